The lowest BCUT2D eigenvalue weighted by Gasteiger charge is -2.21. The van der Waals surface area contributed by atoms with Crippen LogP contribution in [0.1, 0.15) is 19.8 Å². The summed E-state index contributed by atoms with van der Waals surface area (Å²) in [6.07, 6.45) is 4.03. The molecule has 64 valence electrons. The van der Waals surface area contributed by atoms with Gasteiger partial charge in [0.15, 0.2) is 0 Å². The molecule has 3 nitrogen and oxygen atoms in total. The molecule has 0 aromatic rings. The Morgan fingerprint density at radius 3 is 2.91 bits per heavy atom. The Kier molecular flexibility index (Phi) is 3.23. The van der Waals surface area contributed by atoms with Crippen LogP contribution in [-0.2, 0) is 11.3 Å². The third kappa shape index (κ3) is 2.39. The van der Waals surface area contributed by atoms with Gasteiger partial charge in [-0.1, -0.05) is 18.6 Å². The van der Waals surface area contributed by atoms with Crippen LogP contribution in [0.3, 0.4) is 0 Å². The van der Waals surface area contributed by atoms with Gasteiger partial charge in [-0.15, -0.1) is 0 Å². The summed E-state index contributed by atoms with van der Waals surface area (Å²) in [5, 5.41) is 0. The van der Waals surface area contributed by atoms with E-state index < -0.39 is 11.3 Å². The lowest BCUT2D eigenvalue weighted by molar-refractivity contribution is 0.412. The molecule has 0 amide bonds. The highest BCUT2D eigenvalue weighted by Gasteiger charge is 2.13. The third-order valence-electron chi connectivity index (χ3n) is 1.94. The van der Waals surface area contributed by atoms with Gasteiger partial charge in [-0.3, -0.25) is 4.55 Å². The number of nitrogens with zero attached hydrogens (tertiary/aromatic N) is 1. The third-order valence-corrected chi connectivity index (χ3v) is 2.71. The molecule has 11 heavy (non-hydrogen) atoms. The summed E-state index contributed by atoms with van der Waals surface area (Å²) in [4.78, 5) is 0. The van der Waals surface area contributed by atoms with Crippen molar-refractivity contribution < 1.29 is 8.76 Å². The summed E-state index contributed by atoms with van der Waals surface area (Å²) < 4.78 is 20.8. The van der Waals surface area contributed by atoms with Crippen LogP contribution in [0.15, 0.2) is 11.6 Å². The fourth-order valence-corrected chi connectivity index (χ4v) is 1.61. The first-order valence-electron chi connectivity index (χ1n) is 3.78. The summed E-state index contributed by atoms with van der Waals surface area (Å²) in [5.41, 5.74) is 1.40. The van der Waals surface area contributed by atoms with Crippen LogP contribution in [-0.4, -0.2) is 26.2 Å². The van der Waals surface area contributed by atoms with Gasteiger partial charge in [0.25, 0.3) is 0 Å². The lowest BCUT2D eigenvalue weighted by atomic mass is 10.1. The van der Waals surface area contributed by atoms with Crippen molar-refractivity contribution in [1.82, 2.24) is 4.31 Å². The average molecular weight is 175 g/mol. The molecule has 1 rings (SSSR count). The largest absolute Gasteiger partial charge is 0.294 e. The molecule has 0 radical (unpaired) electrons. The zero-order valence-electron chi connectivity index (χ0n) is 6.62. The standard InChI is InChI=1S/C7H13NO2S/c1-2-7-3-5-8(6-4-7)11(9)10/h3H,2,4-6H2,1H3,(H,9,10). The van der Waals surface area contributed by atoms with Gasteiger partial charge in [-0.25, -0.2) is 4.21 Å². The van der Waals surface area contributed by atoms with Gasteiger partial charge in [0, 0.05) is 13.1 Å². The molecular formula is C7H13NO2S. The quantitative estimate of drug-likeness (QED) is 0.505. The zero-order valence-corrected chi connectivity index (χ0v) is 7.43. The van der Waals surface area contributed by atoms with E-state index in [1.165, 1.54) is 5.57 Å². The Labute approximate surface area is 69.5 Å². The highest BCUT2D eigenvalue weighted by molar-refractivity contribution is 7.76. The van der Waals surface area contributed by atoms with Crippen LogP contribution in [0.4, 0.5) is 0 Å². The first kappa shape index (κ1) is 8.90. The van der Waals surface area contributed by atoms with E-state index in [9.17, 15) is 4.21 Å². The topological polar surface area (TPSA) is 40.5 Å². The number of hydrogen-bond acceptors (Lipinski definition) is 1. The molecule has 0 spiro atoms. The summed E-state index contributed by atoms with van der Waals surface area (Å²) >= 11 is -1.78. The average Bonchev–Trinajstić information content (AvgIpc) is 2.05. The second-order valence-corrected chi connectivity index (χ2v) is 3.56. The maximum atomic E-state index is 10.6. The van der Waals surface area contributed by atoms with Gasteiger partial charge in [0.05, 0.1) is 0 Å². The Hall–Kier alpha value is -0.190. The van der Waals surface area contributed by atoms with Crippen molar-refractivity contribution >= 4 is 11.3 Å². The molecule has 0 aromatic carbocycles. The summed E-state index contributed by atoms with van der Waals surface area (Å²) in [7, 11) is 0. The maximum Gasteiger partial charge on any atom is 0.234 e. The van der Waals surface area contributed by atoms with Gasteiger partial charge in [-0.05, 0) is 12.8 Å². The molecule has 0 aliphatic carbocycles. The number of rotatable bonds is 2. The van der Waals surface area contributed by atoms with E-state index in [4.69, 9.17) is 4.55 Å². The van der Waals surface area contributed by atoms with E-state index in [1.807, 2.05) is 6.08 Å². The summed E-state index contributed by atoms with van der Waals surface area (Å²) in [5.74, 6) is 0. The Balaban J connectivity index is 2.47. The van der Waals surface area contributed by atoms with E-state index in [2.05, 4.69) is 6.92 Å². The molecule has 0 saturated carbocycles. The van der Waals surface area contributed by atoms with Crippen molar-refractivity contribution in [3.63, 3.8) is 0 Å². The maximum absolute atomic E-state index is 10.6. The van der Waals surface area contributed by atoms with E-state index in [0.29, 0.717) is 13.1 Å². The van der Waals surface area contributed by atoms with Gasteiger partial charge in [0.2, 0.25) is 11.3 Å². The summed E-state index contributed by atoms with van der Waals surface area (Å²) in [6.45, 7) is 3.44. The van der Waals surface area contributed by atoms with Gasteiger partial charge < -0.3 is 0 Å². The molecule has 1 N–H and O–H groups in total. The predicted molar refractivity (Wildman–Crippen MR) is 45.3 cm³/mol. The molecule has 4 heteroatoms. The first-order chi connectivity index (χ1) is 5.24. The van der Waals surface area contributed by atoms with Crippen molar-refractivity contribution in [3.05, 3.63) is 11.6 Å². The van der Waals surface area contributed by atoms with Crippen molar-refractivity contribution in [2.75, 3.05) is 13.1 Å². The molecule has 0 saturated heterocycles. The fraction of sp³-hybridized carbons (Fsp3) is 0.714. The lowest BCUT2D eigenvalue weighted by Crippen LogP contribution is -2.30. The van der Waals surface area contributed by atoms with E-state index in [-0.39, 0.29) is 0 Å². The molecule has 0 bridgehead atoms. The van der Waals surface area contributed by atoms with Crippen molar-refractivity contribution in [2.24, 2.45) is 0 Å². The van der Waals surface area contributed by atoms with Crippen LogP contribution in [0, 0.1) is 0 Å². The smallest absolute Gasteiger partial charge is 0.234 e. The van der Waals surface area contributed by atoms with Crippen molar-refractivity contribution in [3.8, 4) is 0 Å². The van der Waals surface area contributed by atoms with Gasteiger partial charge in [0.1, 0.15) is 0 Å². The van der Waals surface area contributed by atoms with Gasteiger partial charge >= 0.3 is 0 Å². The molecule has 1 aliphatic rings. The van der Waals surface area contributed by atoms with Crippen molar-refractivity contribution in [2.45, 2.75) is 19.8 Å². The van der Waals surface area contributed by atoms with E-state index in [1.54, 1.807) is 4.31 Å². The van der Waals surface area contributed by atoms with E-state index >= 15 is 0 Å². The van der Waals surface area contributed by atoms with Crippen LogP contribution in [0.5, 0.6) is 0 Å². The molecule has 0 aromatic heterocycles. The van der Waals surface area contributed by atoms with Crippen molar-refractivity contribution in [1.29, 1.82) is 0 Å². The molecule has 0 fully saturated rings. The molecule has 1 unspecified atom stereocenters. The minimum Gasteiger partial charge on any atom is -0.294 e. The highest BCUT2D eigenvalue weighted by atomic mass is 32.2. The molecule has 1 heterocycles. The Morgan fingerprint density at radius 2 is 2.55 bits per heavy atom. The second kappa shape index (κ2) is 3.99. The highest BCUT2D eigenvalue weighted by Crippen LogP contribution is 2.13. The van der Waals surface area contributed by atoms with Gasteiger partial charge in [-0.2, -0.15) is 4.31 Å². The Morgan fingerprint density at radius 1 is 1.82 bits per heavy atom. The minimum absolute atomic E-state index is 0.617. The SMILES string of the molecule is CCC1=CCN(S(=O)O)CC1. The second-order valence-electron chi connectivity index (χ2n) is 2.58. The monoisotopic (exact) mass is 175 g/mol. The fourth-order valence-electron chi connectivity index (χ4n) is 1.16. The molecule has 1 aliphatic heterocycles. The Bertz CT molecular complexity index is 191. The summed E-state index contributed by atoms with van der Waals surface area (Å²) in [6, 6.07) is 0. The van der Waals surface area contributed by atoms with Crippen LogP contribution in [0.2, 0.25) is 0 Å². The molecular weight excluding hydrogens is 162 g/mol. The van der Waals surface area contributed by atoms with Crippen LogP contribution < -0.4 is 0 Å². The predicted octanol–water partition coefficient (Wildman–Crippen LogP) is 1.17. The van der Waals surface area contributed by atoms with E-state index in [0.717, 1.165) is 12.8 Å². The molecule has 1 atom stereocenters. The van der Waals surface area contributed by atoms with Crippen LogP contribution >= 0.6 is 0 Å². The first-order valence-corrected chi connectivity index (χ1v) is 4.84. The normalized spacial score (nSPS) is 22.9. The number of hydrogen-bond donors (Lipinski definition) is 1. The zero-order chi connectivity index (χ0) is 8.27. The van der Waals surface area contributed by atoms with Crippen LogP contribution in [0.25, 0.3) is 0 Å². The minimum atomic E-state index is -1.78.